The molecule has 31 heavy (non-hydrogen) atoms. The first-order chi connectivity index (χ1) is 14.6. The van der Waals surface area contributed by atoms with Crippen LogP contribution in [0.25, 0.3) is 0 Å². The van der Waals surface area contributed by atoms with E-state index < -0.39 is 21.8 Å². The summed E-state index contributed by atoms with van der Waals surface area (Å²) < 4.78 is 34.8. The number of alkyl carbamates (subject to hydrolysis) is 1. The first kappa shape index (κ1) is 22.8. The molecule has 1 aliphatic heterocycles. The van der Waals surface area contributed by atoms with Crippen molar-refractivity contribution in [2.24, 2.45) is 0 Å². The molecule has 1 fully saturated rings. The molecule has 3 rings (SSSR count). The molecule has 0 saturated carbocycles. The number of anilines is 1. The van der Waals surface area contributed by atoms with Gasteiger partial charge in [-0.1, -0.05) is 18.2 Å². The normalized spacial score (nSPS) is 18.7. The van der Waals surface area contributed by atoms with E-state index in [9.17, 15) is 18.0 Å². The van der Waals surface area contributed by atoms with Gasteiger partial charge in [-0.3, -0.25) is 9.89 Å². The summed E-state index contributed by atoms with van der Waals surface area (Å²) in [6, 6.07) is 8.00. The molecule has 3 N–H and O–H groups in total. The number of H-pyrrole nitrogens is 1. The van der Waals surface area contributed by atoms with Crippen LogP contribution in [-0.4, -0.2) is 55.6 Å². The number of aromatic amines is 1. The highest BCUT2D eigenvalue weighted by Gasteiger charge is 2.31. The number of amides is 2. The molecule has 0 unspecified atom stereocenters. The van der Waals surface area contributed by atoms with Crippen molar-refractivity contribution in [3.8, 4) is 0 Å². The number of nitrogens with zero attached hydrogens (tertiary/aromatic N) is 1. The fourth-order valence-corrected chi connectivity index (χ4v) is 4.20. The van der Waals surface area contributed by atoms with Gasteiger partial charge in [-0.25, -0.2) is 13.2 Å². The van der Waals surface area contributed by atoms with Gasteiger partial charge in [0.15, 0.2) is 15.7 Å². The van der Waals surface area contributed by atoms with E-state index in [1.54, 1.807) is 24.3 Å². The van der Waals surface area contributed by atoms with E-state index in [-0.39, 0.29) is 36.2 Å². The molecule has 0 spiro atoms. The number of hydrogen-bond donors (Lipinski definition) is 3. The maximum Gasteiger partial charge on any atom is 0.407 e. The molecule has 2 atom stereocenters. The molecule has 2 heterocycles. The molecular formula is C20H26N4O6S. The Morgan fingerprint density at radius 3 is 2.77 bits per heavy atom. The summed E-state index contributed by atoms with van der Waals surface area (Å²) in [4.78, 5) is 24.2. The minimum atomic E-state index is -3.44. The number of carbonyl (C=O) groups is 2. The van der Waals surface area contributed by atoms with Crippen LogP contribution in [-0.2, 0) is 30.5 Å². The summed E-state index contributed by atoms with van der Waals surface area (Å²) >= 11 is 0. The Morgan fingerprint density at radius 1 is 1.32 bits per heavy atom. The Kier molecular flexibility index (Phi) is 6.96. The van der Waals surface area contributed by atoms with Gasteiger partial charge in [0.1, 0.15) is 12.2 Å². The van der Waals surface area contributed by atoms with Crippen LogP contribution < -0.4 is 10.6 Å². The first-order valence-electron chi connectivity index (χ1n) is 9.83. The van der Waals surface area contributed by atoms with E-state index in [1.807, 2.05) is 13.8 Å². The highest BCUT2D eigenvalue weighted by atomic mass is 32.2. The van der Waals surface area contributed by atoms with Gasteiger partial charge in [0.25, 0.3) is 0 Å². The smallest absolute Gasteiger partial charge is 0.407 e. The summed E-state index contributed by atoms with van der Waals surface area (Å²) in [6.07, 6.45) is 0.249. The van der Waals surface area contributed by atoms with Crippen molar-refractivity contribution in [2.75, 3.05) is 18.2 Å². The van der Waals surface area contributed by atoms with Gasteiger partial charge < -0.3 is 20.1 Å². The zero-order valence-corrected chi connectivity index (χ0v) is 18.4. The van der Waals surface area contributed by atoms with E-state index in [0.29, 0.717) is 23.5 Å². The molecule has 0 bridgehead atoms. The van der Waals surface area contributed by atoms with Crippen LogP contribution in [0.3, 0.4) is 0 Å². The van der Waals surface area contributed by atoms with Gasteiger partial charge >= 0.3 is 6.09 Å². The Hall–Kier alpha value is -2.92. The number of aromatic nitrogens is 2. The van der Waals surface area contributed by atoms with E-state index in [4.69, 9.17) is 9.47 Å². The Labute approximate surface area is 180 Å². The van der Waals surface area contributed by atoms with Crippen molar-refractivity contribution in [2.45, 2.75) is 49.8 Å². The first-order valence-corrected chi connectivity index (χ1v) is 11.7. The van der Waals surface area contributed by atoms with Crippen molar-refractivity contribution in [1.29, 1.82) is 0 Å². The lowest BCUT2D eigenvalue weighted by atomic mass is 10.1. The zero-order chi connectivity index (χ0) is 22.6. The molecule has 2 amide bonds. The lowest BCUT2D eigenvalue weighted by Crippen LogP contribution is -2.33. The fourth-order valence-electron chi connectivity index (χ4n) is 3.26. The summed E-state index contributed by atoms with van der Waals surface area (Å²) in [6.45, 7) is 3.95. The van der Waals surface area contributed by atoms with E-state index in [1.165, 1.54) is 6.07 Å². The van der Waals surface area contributed by atoms with Gasteiger partial charge in [-0.15, -0.1) is 0 Å². The fraction of sp³-hybridized carbons (Fsp3) is 0.450. The van der Waals surface area contributed by atoms with Crippen molar-refractivity contribution in [3.63, 3.8) is 0 Å². The van der Waals surface area contributed by atoms with Gasteiger partial charge in [-0.2, -0.15) is 5.10 Å². The van der Waals surface area contributed by atoms with E-state index in [0.717, 1.165) is 6.26 Å². The van der Waals surface area contributed by atoms with Crippen molar-refractivity contribution in [3.05, 3.63) is 41.6 Å². The molecule has 0 aliphatic carbocycles. The number of carbonyl (C=O) groups excluding carboxylic acids is 2. The molecule has 2 aromatic rings. The third kappa shape index (κ3) is 6.28. The van der Waals surface area contributed by atoms with Gasteiger partial charge in [0.05, 0.1) is 23.6 Å². The number of benzene rings is 1. The predicted molar refractivity (Wildman–Crippen MR) is 112 cm³/mol. The van der Waals surface area contributed by atoms with Gasteiger partial charge in [0, 0.05) is 24.8 Å². The zero-order valence-electron chi connectivity index (χ0n) is 17.5. The van der Waals surface area contributed by atoms with Crippen LogP contribution in [0.4, 0.5) is 10.6 Å². The summed E-state index contributed by atoms with van der Waals surface area (Å²) in [5.41, 5.74) is 1.05. The van der Waals surface area contributed by atoms with Crippen LogP contribution in [0, 0.1) is 0 Å². The molecule has 168 valence electrons. The maximum absolute atomic E-state index is 12.4. The lowest BCUT2D eigenvalue weighted by Gasteiger charge is -2.13. The third-order valence-corrected chi connectivity index (χ3v) is 5.77. The van der Waals surface area contributed by atoms with Crippen molar-refractivity contribution in [1.82, 2.24) is 15.5 Å². The largest absolute Gasteiger partial charge is 0.444 e. The van der Waals surface area contributed by atoms with Crippen LogP contribution in [0.2, 0.25) is 0 Å². The van der Waals surface area contributed by atoms with Crippen molar-refractivity contribution < 1.29 is 27.5 Å². The summed E-state index contributed by atoms with van der Waals surface area (Å²) in [7, 11) is -3.44. The number of hydrogen-bond acceptors (Lipinski definition) is 7. The molecule has 0 radical (unpaired) electrons. The number of rotatable bonds is 7. The molecule has 1 aromatic heterocycles. The average Bonchev–Trinajstić information content (AvgIpc) is 3.30. The topological polar surface area (TPSA) is 139 Å². The van der Waals surface area contributed by atoms with E-state index >= 15 is 0 Å². The van der Waals surface area contributed by atoms with Crippen LogP contribution in [0.5, 0.6) is 0 Å². The predicted octanol–water partition coefficient (Wildman–Crippen LogP) is 1.96. The number of ether oxygens (including phenoxy) is 2. The molecule has 1 aliphatic rings. The standard InChI is InChI=1S/C20H26N4O6S/c1-12(2)21-20(26)30-14-9-16(29-11-14)15-10-18(24-23-15)22-19(25)8-13-6-4-5-7-17(13)31(3,27)28/h4-7,10,12,14,16H,8-9,11H2,1-3H3,(H,21,26)(H2,22,23,24,25)/t14-,16-/m1/s1. The number of nitrogens with one attached hydrogen (secondary N) is 3. The monoisotopic (exact) mass is 450 g/mol. The molecule has 10 nitrogen and oxygen atoms in total. The minimum absolute atomic E-state index is 0.0196. The highest BCUT2D eigenvalue weighted by molar-refractivity contribution is 7.90. The Bertz CT molecular complexity index is 1050. The lowest BCUT2D eigenvalue weighted by molar-refractivity contribution is -0.115. The second kappa shape index (κ2) is 9.48. The van der Waals surface area contributed by atoms with E-state index in [2.05, 4.69) is 20.8 Å². The van der Waals surface area contributed by atoms with Gasteiger partial charge in [0.2, 0.25) is 5.91 Å². The van der Waals surface area contributed by atoms with Crippen LogP contribution >= 0.6 is 0 Å². The summed E-state index contributed by atoms with van der Waals surface area (Å²) in [5, 5.41) is 12.2. The average molecular weight is 451 g/mol. The minimum Gasteiger partial charge on any atom is -0.444 e. The third-order valence-electron chi connectivity index (χ3n) is 4.58. The summed E-state index contributed by atoms with van der Waals surface area (Å²) in [5.74, 6) is -0.101. The highest BCUT2D eigenvalue weighted by Crippen LogP contribution is 2.30. The second-order valence-corrected chi connectivity index (χ2v) is 9.68. The molecule has 1 aromatic carbocycles. The second-order valence-electron chi connectivity index (χ2n) is 7.70. The van der Waals surface area contributed by atoms with Crippen LogP contribution in [0.1, 0.15) is 37.6 Å². The van der Waals surface area contributed by atoms with Gasteiger partial charge in [-0.05, 0) is 25.5 Å². The van der Waals surface area contributed by atoms with Crippen LogP contribution in [0.15, 0.2) is 35.2 Å². The Balaban J connectivity index is 1.56. The molecule has 11 heteroatoms. The SMILES string of the molecule is CC(C)NC(=O)O[C@H]1CO[C@@H](c2cc(NC(=O)Cc3ccccc3S(C)(=O)=O)n[nH]2)C1. The Morgan fingerprint density at radius 2 is 2.06 bits per heavy atom. The molecule has 1 saturated heterocycles. The number of sulfone groups is 1. The maximum atomic E-state index is 12.4. The quantitative estimate of drug-likeness (QED) is 0.586. The van der Waals surface area contributed by atoms with Crippen molar-refractivity contribution >= 4 is 27.7 Å². The molecular weight excluding hydrogens is 424 g/mol.